The lowest BCUT2D eigenvalue weighted by Gasteiger charge is -2.32. The number of carbonyl (C=O) groups excluding carboxylic acids is 1. The number of benzene rings is 2. The summed E-state index contributed by atoms with van der Waals surface area (Å²) in [6.07, 6.45) is 0.218. The quantitative estimate of drug-likeness (QED) is 0.819. The Morgan fingerprint density at radius 2 is 2.07 bits per heavy atom. The number of aliphatic hydroxyl groups is 1. The van der Waals surface area contributed by atoms with E-state index in [0.717, 1.165) is 23.1 Å². The fourth-order valence-electron chi connectivity index (χ4n) is 3.25. The first-order valence-electron chi connectivity index (χ1n) is 9.21. The number of amides is 2. The summed E-state index contributed by atoms with van der Waals surface area (Å²) < 4.78 is 11.2. The number of aliphatic hydroxyl groups excluding tert-OH is 1. The van der Waals surface area contributed by atoms with Crippen molar-refractivity contribution in [3.63, 3.8) is 0 Å². The van der Waals surface area contributed by atoms with E-state index in [1.807, 2.05) is 49.4 Å². The second-order valence-electron chi connectivity index (χ2n) is 6.55. The smallest absolute Gasteiger partial charge is 0.318 e. The van der Waals surface area contributed by atoms with Gasteiger partial charge in [0.15, 0.2) is 11.5 Å². The Hall–Kier alpha value is -2.73. The van der Waals surface area contributed by atoms with Crippen LogP contribution < -0.4 is 14.8 Å². The Balaban J connectivity index is 1.68. The third-order valence-corrected chi connectivity index (χ3v) is 4.62. The molecule has 144 valence electrons. The van der Waals surface area contributed by atoms with Gasteiger partial charge in [0.1, 0.15) is 0 Å². The number of carbonyl (C=O) groups is 1. The van der Waals surface area contributed by atoms with Gasteiger partial charge in [-0.1, -0.05) is 43.3 Å². The molecule has 6 heteroatoms. The number of nitrogens with one attached hydrogen (secondary N) is 1. The van der Waals surface area contributed by atoms with Crippen LogP contribution in [0.1, 0.15) is 36.1 Å². The summed E-state index contributed by atoms with van der Waals surface area (Å²) in [5, 5.41) is 13.2. The Morgan fingerprint density at radius 1 is 1.26 bits per heavy atom. The van der Waals surface area contributed by atoms with Crippen molar-refractivity contribution < 1.29 is 19.4 Å². The number of rotatable bonds is 6. The number of ether oxygens (including phenoxy) is 2. The highest BCUT2D eigenvalue weighted by Crippen LogP contribution is 2.31. The van der Waals surface area contributed by atoms with Gasteiger partial charge in [-0.2, -0.15) is 0 Å². The largest absolute Gasteiger partial charge is 0.493 e. The molecule has 0 radical (unpaired) electrons. The molecule has 0 fully saturated rings. The van der Waals surface area contributed by atoms with Crippen molar-refractivity contribution >= 4 is 6.03 Å². The second kappa shape index (κ2) is 8.77. The van der Waals surface area contributed by atoms with Crippen LogP contribution in [0.3, 0.4) is 0 Å². The maximum atomic E-state index is 12.6. The van der Waals surface area contributed by atoms with E-state index in [2.05, 4.69) is 5.32 Å². The minimum absolute atomic E-state index is 0.215. The molecular weight excluding hydrogens is 344 g/mol. The van der Waals surface area contributed by atoms with Gasteiger partial charge in [-0.15, -0.1) is 0 Å². The minimum atomic E-state index is -0.666. The molecule has 0 spiro atoms. The highest BCUT2D eigenvalue weighted by atomic mass is 16.5. The van der Waals surface area contributed by atoms with Gasteiger partial charge in [-0.25, -0.2) is 4.79 Å². The SMILES string of the molecule is CCCOc1c(CNC(=O)N2Cc3ccccc3[C@H](O)C2)cccc1OC. The normalized spacial score (nSPS) is 15.8. The third kappa shape index (κ3) is 4.34. The molecule has 0 unspecified atom stereocenters. The van der Waals surface area contributed by atoms with Crippen LogP contribution in [0.2, 0.25) is 0 Å². The standard InChI is InChI=1S/C21H26N2O4/c1-3-11-27-20-15(8-6-10-19(20)26-2)12-22-21(25)23-13-16-7-4-5-9-17(16)18(24)14-23/h4-10,18,24H,3,11-14H2,1-2H3,(H,22,25)/t18-/m1/s1. The third-order valence-electron chi connectivity index (χ3n) is 4.62. The van der Waals surface area contributed by atoms with Gasteiger partial charge in [0, 0.05) is 18.7 Å². The number of urea groups is 1. The number of nitrogens with zero attached hydrogens (tertiary/aromatic N) is 1. The van der Waals surface area contributed by atoms with Gasteiger partial charge in [0.25, 0.3) is 0 Å². The van der Waals surface area contributed by atoms with Crippen LogP contribution in [0.5, 0.6) is 11.5 Å². The van der Waals surface area contributed by atoms with Crippen molar-refractivity contribution in [1.82, 2.24) is 10.2 Å². The molecule has 2 amide bonds. The number of para-hydroxylation sites is 1. The van der Waals surface area contributed by atoms with Gasteiger partial charge < -0.3 is 24.8 Å². The van der Waals surface area contributed by atoms with Crippen molar-refractivity contribution in [2.75, 3.05) is 20.3 Å². The molecule has 0 aromatic heterocycles. The molecule has 2 aromatic rings. The zero-order chi connectivity index (χ0) is 19.2. The highest BCUT2D eigenvalue weighted by Gasteiger charge is 2.26. The average Bonchev–Trinajstić information content (AvgIpc) is 2.70. The first-order valence-corrected chi connectivity index (χ1v) is 9.21. The van der Waals surface area contributed by atoms with Crippen LogP contribution in [-0.2, 0) is 13.1 Å². The molecule has 6 nitrogen and oxygen atoms in total. The molecule has 2 N–H and O–H groups in total. The molecule has 0 aliphatic carbocycles. The number of hydrogen-bond acceptors (Lipinski definition) is 4. The van der Waals surface area contributed by atoms with Crippen molar-refractivity contribution in [3.8, 4) is 11.5 Å². The van der Waals surface area contributed by atoms with Gasteiger partial charge in [-0.05, 0) is 23.6 Å². The predicted molar refractivity (Wildman–Crippen MR) is 103 cm³/mol. The van der Waals surface area contributed by atoms with Crippen LogP contribution in [-0.4, -0.2) is 36.3 Å². The van der Waals surface area contributed by atoms with Crippen molar-refractivity contribution in [2.45, 2.75) is 32.5 Å². The van der Waals surface area contributed by atoms with E-state index in [4.69, 9.17) is 9.47 Å². The van der Waals surface area contributed by atoms with E-state index in [-0.39, 0.29) is 12.6 Å². The van der Waals surface area contributed by atoms with E-state index < -0.39 is 6.10 Å². The first-order chi connectivity index (χ1) is 13.1. The van der Waals surface area contributed by atoms with Crippen LogP contribution >= 0.6 is 0 Å². The Bertz CT molecular complexity index is 794. The number of methoxy groups -OCH3 is 1. The van der Waals surface area contributed by atoms with Crippen LogP contribution in [0, 0.1) is 0 Å². The fraction of sp³-hybridized carbons (Fsp3) is 0.381. The van der Waals surface area contributed by atoms with Crippen molar-refractivity contribution in [1.29, 1.82) is 0 Å². The number of fused-ring (bicyclic) bond motifs is 1. The number of hydrogen-bond donors (Lipinski definition) is 2. The predicted octanol–water partition coefficient (Wildman–Crippen LogP) is 3.24. The zero-order valence-corrected chi connectivity index (χ0v) is 15.8. The molecule has 1 heterocycles. The van der Waals surface area contributed by atoms with Crippen LogP contribution in [0.25, 0.3) is 0 Å². The molecule has 1 atom stereocenters. The molecule has 0 saturated carbocycles. The summed E-state index contributed by atoms with van der Waals surface area (Å²) in [4.78, 5) is 14.3. The summed E-state index contributed by atoms with van der Waals surface area (Å²) in [5.74, 6) is 1.31. The van der Waals surface area contributed by atoms with Gasteiger partial charge in [-0.3, -0.25) is 0 Å². The van der Waals surface area contributed by atoms with E-state index in [0.29, 0.717) is 31.2 Å². The Labute approximate surface area is 159 Å². The molecule has 0 saturated heterocycles. The lowest BCUT2D eigenvalue weighted by atomic mass is 9.98. The maximum absolute atomic E-state index is 12.6. The van der Waals surface area contributed by atoms with Gasteiger partial charge >= 0.3 is 6.03 Å². The molecule has 1 aliphatic rings. The molecule has 1 aliphatic heterocycles. The van der Waals surface area contributed by atoms with Crippen molar-refractivity contribution in [2.24, 2.45) is 0 Å². The van der Waals surface area contributed by atoms with Crippen LogP contribution in [0.15, 0.2) is 42.5 Å². The van der Waals surface area contributed by atoms with E-state index in [1.54, 1.807) is 12.0 Å². The van der Waals surface area contributed by atoms with Crippen molar-refractivity contribution in [3.05, 3.63) is 59.2 Å². The topological polar surface area (TPSA) is 71.0 Å². The summed E-state index contributed by atoms with van der Waals surface area (Å²) in [6.45, 7) is 3.70. The second-order valence-corrected chi connectivity index (χ2v) is 6.55. The molecule has 0 bridgehead atoms. The van der Waals surface area contributed by atoms with E-state index in [9.17, 15) is 9.90 Å². The Morgan fingerprint density at radius 3 is 2.85 bits per heavy atom. The maximum Gasteiger partial charge on any atom is 0.318 e. The lowest BCUT2D eigenvalue weighted by molar-refractivity contribution is 0.104. The summed E-state index contributed by atoms with van der Waals surface area (Å²) in [7, 11) is 1.60. The highest BCUT2D eigenvalue weighted by molar-refractivity contribution is 5.75. The average molecular weight is 370 g/mol. The molecular formula is C21H26N2O4. The monoisotopic (exact) mass is 370 g/mol. The lowest BCUT2D eigenvalue weighted by Crippen LogP contribution is -2.43. The minimum Gasteiger partial charge on any atom is -0.493 e. The van der Waals surface area contributed by atoms with Crippen LogP contribution in [0.4, 0.5) is 4.79 Å². The number of β-amino-alcohol motifs (C(OH)–C–C–N with tert-alkyl or cyclic N) is 1. The summed E-state index contributed by atoms with van der Waals surface area (Å²) in [6, 6.07) is 13.1. The Kier molecular flexibility index (Phi) is 6.19. The van der Waals surface area contributed by atoms with Gasteiger partial charge in [0.05, 0.1) is 26.4 Å². The molecule has 2 aromatic carbocycles. The van der Waals surface area contributed by atoms with E-state index >= 15 is 0 Å². The fourth-order valence-corrected chi connectivity index (χ4v) is 3.25. The first kappa shape index (κ1) is 19.0. The molecule has 27 heavy (non-hydrogen) atoms. The van der Waals surface area contributed by atoms with Gasteiger partial charge in [0.2, 0.25) is 0 Å². The summed E-state index contributed by atoms with van der Waals surface area (Å²) in [5.41, 5.74) is 2.72. The molecule has 3 rings (SSSR count). The zero-order valence-electron chi connectivity index (χ0n) is 15.8. The summed E-state index contributed by atoms with van der Waals surface area (Å²) >= 11 is 0. The van der Waals surface area contributed by atoms with E-state index in [1.165, 1.54) is 0 Å².